The zero-order valence-corrected chi connectivity index (χ0v) is 10.1. The molecule has 17 heavy (non-hydrogen) atoms. The summed E-state index contributed by atoms with van der Waals surface area (Å²) in [7, 11) is 0. The highest BCUT2D eigenvalue weighted by Crippen LogP contribution is 2.26. The van der Waals surface area contributed by atoms with Crippen LogP contribution in [0.3, 0.4) is 0 Å². The Morgan fingerprint density at radius 1 is 1.53 bits per heavy atom. The van der Waals surface area contributed by atoms with Gasteiger partial charge in [0.15, 0.2) is 0 Å². The van der Waals surface area contributed by atoms with Crippen molar-refractivity contribution in [1.29, 1.82) is 0 Å². The van der Waals surface area contributed by atoms with E-state index in [0.29, 0.717) is 31.9 Å². The van der Waals surface area contributed by atoms with Crippen molar-refractivity contribution >= 4 is 11.9 Å². The number of hydrogen-bond donors (Lipinski definition) is 1. The van der Waals surface area contributed by atoms with E-state index < -0.39 is 11.9 Å². The van der Waals surface area contributed by atoms with Crippen LogP contribution in [-0.2, 0) is 14.3 Å². The molecule has 1 amide bonds. The van der Waals surface area contributed by atoms with Gasteiger partial charge in [0.2, 0.25) is 5.91 Å². The summed E-state index contributed by atoms with van der Waals surface area (Å²) < 4.78 is 5.32. The molecule has 0 saturated carbocycles. The topological polar surface area (TPSA) is 66.8 Å². The van der Waals surface area contributed by atoms with Gasteiger partial charge in [0.25, 0.3) is 0 Å². The fourth-order valence-corrected chi connectivity index (χ4v) is 2.65. The first kappa shape index (κ1) is 12.4. The lowest BCUT2D eigenvalue weighted by atomic mass is 9.92. The smallest absolute Gasteiger partial charge is 0.308 e. The van der Waals surface area contributed by atoms with Crippen molar-refractivity contribution in [3.05, 3.63) is 0 Å². The molecule has 0 aromatic rings. The molecule has 2 heterocycles. The maximum absolute atomic E-state index is 11.9. The van der Waals surface area contributed by atoms with E-state index in [1.807, 2.05) is 6.92 Å². The van der Waals surface area contributed by atoms with Gasteiger partial charge in [0.05, 0.1) is 12.5 Å². The molecule has 0 aromatic heterocycles. The van der Waals surface area contributed by atoms with Crippen LogP contribution in [-0.4, -0.2) is 47.7 Å². The minimum atomic E-state index is -0.794. The summed E-state index contributed by atoms with van der Waals surface area (Å²) in [5.41, 5.74) is 0. The molecular formula is C12H19NO4. The van der Waals surface area contributed by atoms with Crippen LogP contribution in [0.4, 0.5) is 0 Å². The van der Waals surface area contributed by atoms with Crippen LogP contribution in [0, 0.1) is 11.8 Å². The molecule has 2 fully saturated rings. The zero-order valence-electron chi connectivity index (χ0n) is 10.1. The molecule has 0 radical (unpaired) electrons. The van der Waals surface area contributed by atoms with Crippen molar-refractivity contribution in [1.82, 2.24) is 4.90 Å². The van der Waals surface area contributed by atoms with E-state index in [9.17, 15) is 9.59 Å². The highest BCUT2D eigenvalue weighted by atomic mass is 16.5. The first-order valence-electron chi connectivity index (χ1n) is 6.19. The molecule has 3 unspecified atom stereocenters. The Kier molecular flexibility index (Phi) is 3.66. The second-order valence-electron chi connectivity index (χ2n) is 4.98. The van der Waals surface area contributed by atoms with Crippen molar-refractivity contribution in [3.63, 3.8) is 0 Å². The van der Waals surface area contributed by atoms with Crippen molar-refractivity contribution in [2.45, 2.75) is 32.2 Å². The van der Waals surface area contributed by atoms with Gasteiger partial charge in [-0.2, -0.15) is 0 Å². The van der Waals surface area contributed by atoms with Crippen molar-refractivity contribution < 1.29 is 19.4 Å². The maximum atomic E-state index is 11.9. The van der Waals surface area contributed by atoms with Gasteiger partial charge in [0, 0.05) is 31.5 Å². The van der Waals surface area contributed by atoms with Gasteiger partial charge in [-0.05, 0) is 19.8 Å². The van der Waals surface area contributed by atoms with E-state index in [1.165, 1.54) is 0 Å². The molecule has 0 spiro atoms. The van der Waals surface area contributed by atoms with E-state index in [1.54, 1.807) is 4.90 Å². The standard InChI is InChI=1S/C12H19NO4/c1-8(10-4-5-17-7-10)13-6-9(12(15)16)2-3-11(13)14/h8-10H,2-7H2,1H3,(H,15,16). The monoisotopic (exact) mass is 241 g/mol. The summed E-state index contributed by atoms with van der Waals surface area (Å²) >= 11 is 0. The van der Waals surface area contributed by atoms with Crippen LogP contribution in [0.25, 0.3) is 0 Å². The van der Waals surface area contributed by atoms with Crippen LogP contribution in [0.15, 0.2) is 0 Å². The number of carbonyl (C=O) groups excluding carboxylic acids is 1. The molecule has 5 nitrogen and oxygen atoms in total. The number of carboxylic acid groups (broad SMARTS) is 1. The molecule has 0 bridgehead atoms. The van der Waals surface area contributed by atoms with Gasteiger partial charge in [0.1, 0.15) is 0 Å². The Balaban J connectivity index is 2.01. The molecule has 2 aliphatic heterocycles. The van der Waals surface area contributed by atoms with Gasteiger partial charge in [-0.25, -0.2) is 0 Å². The highest BCUT2D eigenvalue weighted by molar-refractivity contribution is 5.80. The normalized spacial score (nSPS) is 31.6. The predicted octanol–water partition coefficient (Wildman–Crippen LogP) is 0.735. The number of ether oxygens (including phenoxy) is 1. The third kappa shape index (κ3) is 2.60. The summed E-state index contributed by atoms with van der Waals surface area (Å²) in [5.74, 6) is -0.761. The van der Waals surface area contributed by atoms with E-state index in [2.05, 4.69) is 0 Å². The Labute approximate surface area is 101 Å². The molecule has 0 aliphatic carbocycles. The summed E-state index contributed by atoms with van der Waals surface area (Å²) in [5, 5.41) is 9.03. The number of rotatable bonds is 3. The third-order valence-electron chi connectivity index (χ3n) is 3.93. The fraction of sp³-hybridized carbons (Fsp3) is 0.833. The molecular weight excluding hydrogens is 222 g/mol. The van der Waals surface area contributed by atoms with Gasteiger partial charge in [-0.3, -0.25) is 9.59 Å². The number of piperidine rings is 1. The van der Waals surface area contributed by atoms with Crippen molar-refractivity contribution in [3.8, 4) is 0 Å². The highest BCUT2D eigenvalue weighted by Gasteiger charge is 2.36. The molecule has 96 valence electrons. The molecule has 2 rings (SSSR count). The number of carbonyl (C=O) groups is 2. The zero-order chi connectivity index (χ0) is 12.4. The van der Waals surface area contributed by atoms with E-state index in [-0.39, 0.29) is 11.9 Å². The van der Waals surface area contributed by atoms with Crippen LogP contribution in [0.2, 0.25) is 0 Å². The molecule has 3 atom stereocenters. The number of aliphatic carboxylic acids is 1. The van der Waals surface area contributed by atoms with E-state index in [4.69, 9.17) is 9.84 Å². The lowest BCUT2D eigenvalue weighted by molar-refractivity contribution is -0.149. The minimum Gasteiger partial charge on any atom is -0.481 e. The quantitative estimate of drug-likeness (QED) is 0.791. The molecule has 5 heteroatoms. The summed E-state index contributed by atoms with van der Waals surface area (Å²) in [4.78, 5) is 24.6. The SMILES string of the molecule is CC(C1CCOC1)N1CC(C(=O)O)CCC1=O. The van der Waals surface area contributed by atoms with E-state index >= 15 is 0 Å². The number of likely N-dealkylation sites (tertiary alicyclic amines) is 1. The fourth-order valence-electron chi connectivity index (χ4n) is 2.65. The number of carboxylic acids is 1. The van der Waals surface area contributed by atoms with Crippen LogP contribution < -0.4 is 0 Å². The number of amides is 1. The van der Waals surface area contributed by atoms with E-state index in [0.717, 1.165) is 13.0 Å². The molecule has 2 aliphatic rings. The van der Waals surface area contributed by atoms with Gasteiger partial charge in [-0.1, -0.05) is 0 Å². The lowest BCUT2D eigenvalue weighted by Gasteiger charge is -2.37. The summed E-state index contributed by atoms with van der Waals surface area (Å²) in [6.07, 6.45) is 1.79. The van der Waals surface area contributed by atoms with Crippen LogP contribution in [0.1, 0.15) is 26.2 Å². The van der Waals surface area contributed by atoms with Crippen molar-refractivity contribution in [2.24, 2.45) is 11.8 Å². The second kappa shape index (κ2) is 5.04. The number of nitrogens with zero attached hydrogens (tertiary/aromatic N) is 1. The number of hydrogen-bond acceptors (Lipinski definition) is 3. The summed E-state index contributed by atoms with van der Waals surface area (Å²) in [6, 6.07) is 0.0900. The average molecular weight is 241 g/mol. The predicted molar refractivity (Wildman–Crippen MR) is 60.5 cm³/mol. The Morgan fingerprint density at radius 2 is 2.29 bits per heavy atom. The summed E-state index contributed by atoms with van der Waals surface area (Å²) in [6.45, 7) is 3.79. The third-order valence-corrected chi connectivity index (χ3v) is 3.93. The molecule has 1 N–H and O–H groups in total. The average Bonchev–Trinajstić information content (AvgIpc) is 2.81. The first-order chi connectivity index (χ1) is 8.09. The second-order valence-corrected chi connectivity index (χ2v) is 4.98. The minimum absolute atomic E-state index is 0.0851. The molecule has 0 aromatic carbocycles. The van der Waals surface area contributed by atoms with Gasteiger partial charge < -0.3 is 14.7 Å². The lowest BCUT2D eigenvalue weighted by Crippen LogP contribution is -2.49. The largest absolute Gasteiger partial charge is 0.481 e. The van der Waals surface area contributed by atoms with Crippen LogP contribution in [0.5, 0.6) is 0 Å². The molecule has 2 saturated heterocycles. The Bertz CT molecular complexity index is 312. The van der Waals surface area contributed by atoms with Gasteiger partial charge in [-0.15, -0.1) is 0 Å². The Hall–Kier alpha value is -1.10. The Morgan fingerprint density at radius 3 is 2.88 bits per heavy atom. The first-order valence-corrected chi connectivity index (χ1v) is 6.19. The van der Waals surface area contributed by atoms with Crippen molar-refractivity contribution in [2.75, 3.05) is 19.8 Å². The maximum Gasteiger partial charge on any atom is 0.308 e. The van der Waals surface area contributed by atoms with Gasteiger partial charge >= 0.3 is 5.97 Å². The van der Waals surface area contributed by atoms with Crippen LogP contribution >= 0.6 is 0 Å².